The lowest BCUT2D eigenvalue weighted by molar-refractivity contribution is -0.128. The van der Waals surface area contributed by atoms with Gasteiger partial charge in [0.1, 0.15) is 17.3 Å². The van der Waals surface area contributed by atoms with E-state index in [1.807, 2.05) is 19.9 Å². The zero-order valence-electron chi connectivity index (χ0n) is 11.8. The first-order valence-electron chi connectivity index (χ1n) is 6.87. The second-order valence-electron chi connectivity index (χ2n) is 4.51. The predicted molar refractivity (Wildman–Crippen MR) is 75.4 cm³/mol. The number of hydrogen-bond acceptors (Lipinski definition) is 4. The fraction of sp³-hybridized carbons (Fsp3) is 0.467. The van der Waals surface area contributed by atoms with Crippen LogP contribution in [0.4, 0.5) is 5.69 Å². The first kappa shape index (κ1) is 14.4. The Labute approximate surface area is 118 Å². The topological polar surface area (TPSA) is 55.8 Å². The number of anilines is 1. The summed E-state index contributed by atoms with van der Waals surface area (Å²) in [5.41, 5.74) is 0.676. The molecule has 1 heterocycles. The summed E-state index contributed by atoms with van der Waals surface area (Å²) in [6.07, 6.45) is 0.348. The van der Waals surface area contributed by atoms with E-state index in [1.54, 1.807) is 17.0 Å². The van der Waals surface area contributed by atoms with E-state index in [9.17, 15) is 9.59 Å². The molecule has 1 aliphatic heterocycles. The number of nitrogens with zero attached hydrogens (tertiary/aromatic N) is 1. The van der Waals surface area contributed by atoms with Crippen LogP contribution in [0.3, 0.4) is 0 Å². The van der Waals surface area contributed by atoms with Crippen molar-refractivity contribution in [2.45, 2.75) is 26.7 Å². The molecule has 0 radical (unpaired) electrons. The van der Waals surface area contributed by atoms with Gasteiger partial charge in [0.05, 0.1) is 25.3 Å². The van der Waals surface area contributed by atoms with E-state index in [4.69, 9.17) is 9.47 Å². The Bertz CT molecular complexity index is 513. The molecule has 0 saturated carbocycles. The van der Waals surface area contributed by atoms with E-state index in [0.717, 1.165) is 0 Å². The monoisotopic (exact) mass is 277 g/mol. The van der Waals surface area contributed by atoms with Crippen LogP contribution in [0, 0.1) is 0 Å². The van der Waals surface area contributed by atoms with Gasteiger partial charge in [0.25, 0.3) is 0 Å². The molecule has 0 N–H and O–H groups in total. The summed E-state index contributed by atoms with van der Waals surface area (Å²) >= 11 is 0. The minimum atomic E-state index is -0.184. The predicted octanol–water partition coefficient (Wildman–Crippen LogP) is 2.18. The van der Waals surface area contributed by atoms with Crippen LogP contribution in [-0.4, -0.2) is 31.4 Å². The smallest absolute Gasteiger partial charge is 0.234 e. The van der Waals surface area contributed by atoms with E-state index in [2.05, 4.69) is 0 Å². The van der Waals surface area contributed by atoms with Crippen molar-refractivity contribution in [3.63, 3.8) is 0 Å². The first-order valence-corrected chi connectivity index (χ1v) is 6.87. The summed E-state index contributed by atoms with van der Waals surface area (Å²) in [6.45, 7) is 5.26. The Morgan fingerprint density at radius 3 is 2.55 bits per heavy atom. The number of ether oxygens (including phenoxy) is 2. The number of benzene rings is 1. The van der Waals surface area contributed by atoms with Gasteiger partial charge in [-0.15, -0.1) is 0 Å². The van der Waals surface area contributed by atoms with Crippen molar-refractivity contribution < 1.29 is 19.1 Å². The zero-order chi connectivity index (χ0) is 14.5. The van der Waals surface area contributed by atoms with Crippen LogP contribution in [0.1, 0.15) is 26.7 Å². The Balaban J connectivity index is 2.33. The quantitative estimate of drug-likeness (QED) is 0.774. The van der Waals surface area contributed by atoms with Crippen molar-refractivity contribution in [2.24, 2.45) is 0 Å². The molecule has 1 aromatic rings. The van der Waals surface area contributed by atoms with Crippen molar-refractivity contribution in [3.05, 3.63) is 18.2 Å². The molecule has 0 spiro atoms. The third-order valence-corrected chi connectivity index (χ3v) is 3.10. The minimum Gasteiger partial charge on any atom is -0.494 e. The largest absolute Gasteiger partial charge is 0.494 e. The number of Topliss-reactive ketones (excluding diaryl/α,β-unsaturated/α-hetero) is 1. The Kier molecular flexibility index (Phi) is 4.61. The van der Waals surface area contributed by atoms with Gasteiger partial charge >= 0.3 is 0 Å². The molecule has 1 amide bonds. The van der Waals surface area contributed by atoms with Crippen LogP contribution < -0.4 is 14.4 Å². The maximum atomic E-state index is 12.0. The Morgan fingerprint density at radius 1 is 1.15 bits per heavy atom. The highest BCUT2D eigenvalue weighted by atomic mass is 16.5. The van der Waals surface area contributed by atoms with Gasteiger partial charge in [-0.1, -0.05) is 0 Å². The van der Waals surface area contributed by atoms with Crippen LogP contribution in [0.5, 0.6) is 11.5 Å². The summed E-state index contributed by atoms with van der Waals surface area (Å²) in [6, 6.07) is 5.41. The van der Waals surface area contributed by atoms with Crippen molar-refractivity contribution in [3.8, 4) is 11.5 Å². The minimum absolute atomic E-state index is 0.00910. The number of hydrogen-bond donors (Lipinski definition) is 0. The maximum absolute atomic E-state index is 12.0. The van der Waals surface area contributed by atoms with Gasteiger partial charge in [-0.25, -0.2) is 0 Å². The van der Waals surface area contributed by atoms with Gasteiger partial charge in [-0.2, -0.15) is 0 Å². The van der Waals surface area contributed by atoms with Gasteiger partial charge in [-0.3, -0.25) is 9.59 Å². The van der Waals surface area contributed by atoms with Gasteiger partial charge < -0.3 is 14.4 Å². The number of carbonyl (C=O) groups is 2. The number of piperidine rings is 1. The van der Waals surface area contributed by atoms with Gasteiger partial charge in [-0.05, 0) is 26.0 Å². The highest BCUT2D eigenvalue weighted by molar-refractivity contribution is 6.09. The molecular weight excluding hydrogens is 258 g/mol. The molecular formula is C15H19NO4. The van der Waals surface area contributed by atoms with Gasteiger partial charge in [0, 0.05) is 19.0 Å². The summed E-state index contributed by atoms with van der Waals surface area (Å²) in [5.74, 6) is 1.13. The average molecular weight is 277 g/mol. The van der Waals surface area contributed by atoms with Crippen molar-refractivity contribution in [2.75, 3.05) is 24.7 Å². The number of amides is 1. The van der Waals surface area contributed by atoms with Crippen LogP contribution in [0.25, 0.3) is 0 Å². The van der Waals surface area contributed by atoms with Crippen LogP contribution in [-0.2, 0) is 9.59 Å². The number of ketones is 1. The molecule has 5 heteroatoms. The second-order valence-corrected chi connectivity index (χ2v) is 4.51. The lowest BCUT2D eigenvalue weighted by atomic mass is 10.1. The van der Waals surface area contributed by atoms with Gasteiger partial charge in [0.15, 0.2) is 0 Å². The number of rotatable bonds is 5. The fourth-order valence-corrected chi connectivity index (χ4v) is 2.21. The SMILES string of the molecule is CCOc1ccc(OCC)c(N2CCC(=O)CC2=O)c1. The molecule has 1 aliphatic rings. The second kappa shape index (κ2) is 6.41. The molecule has 0 aliphatic carbocycles. The highest BCUT2D eigenvalue weighted by Crippen LogP contribution is 2.34. The molecule has 20 heavy (non-hydrogen) atoms. The van der Waals surface area contributed by atoms with E-state index < -0.39 is 0 Å². The Morgan fingerprint density at radius 2 is 1.90 bits per heavy atom. The molecule has 0 atom stereocenters. The third kappa shape index (κ3) is 3.10. The highest BCUT2D eigenvalue weighted by Gasteiger charge is 2.27. The molecule has 0 unspecified atom stereocenters. The summed E-state index contributed by atoms with van der Waals surface area (Å²) in [4.78, 5) is 25.0. The summed E-state index contributed by atoms with van der Waals surface area (Å²) < 4.78 is 11.0. The van der Waals surface area contributed by atoms with Crippen LogP contribution in [0.15, 0.2) is 18.2 Å². The molecule has 1 saturated heterocycles. The van der Waals surface area contributed by atoms with Crippen molar-refractivity contribution in [1.29, 1.82) is 0 Å². The van der Waals surface area contributed by atoms with Gasteiger partial charge in [0.2, 0.25) is 5.91 Å². The molecule has 108 valence electrons. The van der Waals surface area contributed by atoms with Crippen molar-refractivity contribution in [1.82, 2.24) is 0 Å². The lowest BCUT2D eigenvalue weighted by Crippen LogP contribution is -2.39. The van der Waals surface area contributed by atoms with E-state index >= 15 is 0 Å². The van der Waals surface area contributed by atoms with Crippen LogP contribution >= 0.6 is 0 Å². The maximum Gasteiger partial charge on any atom is 0.234 e. The average Bonchev–Trinajstić information content (AvgIpc) is 2.41. The molecule has 1 fully saturated rings. The van der Waals surface area contributed by atoms with Crippen LogP contribution in [0.2, 0.25) is 0 Å². The lowest BCUT2D eigenvalue weighted by Gasteiger charge is -2.28. The summed E-state index contributed by atoms with van der Waals surface area (Å²) in [5, 5.41) is 0. The van der Waals surface area contributed by atoms with Crippen molar-refractivity contribution >= 4 is 17.4 Å². The third-order valence-electron chi connectivity index (χ3n) is 3.10. The number of carbonyl (C=O) groups excluding carboxylic acids is 2. The summed E-state index contributed by atoms with van der Waals surface area (Å²) in [7, 11) is 0. The van der Waals surface area contributed by atoms with E-state index in [0.29, 0.717) is 43.4 Å². The fourth-order valence-electron chi connectivity index (χ4n) is 2.21. The Hall–Kier alpha value is -2.04. The zero-order valence-corrected chi connectivity index (χ0v) is 11.8. The first-order chi connectivity index (χ1) is 9.65. The standard InChI is InChI=1S/C15H19NO4/c1-3-19-12-5-6-14(20-4-2)13(10-12)16-8-7-11(17)9-15(16)18/h5-6,10H,3-4,7-9H2,1-2H3. The molecule has 2 rings (SSSR count). The molecule has 5 nitrogen and oxygen atoms in total. The normalized spacial score (nSPS) is 15.4. The van der Waals surface area contributed by atoms with E-state index in [1.165, 1.54) is 0 Å². The molecule has 0 aromatic heterocycles. The van der Waals surface area contributed by atoms with E-state index in [-0.39, 0.29) is 18.1 Å². The molecule has 1 aromatic carbocycles. The molecule has 0 bridgehead atoms.